The van der Waals surface area contributed by atoms with E-state index in [2.05, 4.69) is 37.9 Å². The summed E-state index contributed by atoms with van der Waals surface area (Å²) < 4.78 is 14.3. The van der Waals surface area contributed by atoms with E-state index >= 15 is 0 Å². The van der Waals surface area contributed by atoms with Gasteiger partial charge in [-0.05, 0) is 29.5 Å². The van der Waals surface area contributed by atoms with Crippen LogP contribution in [-0.4, -0.2) is 4.98 Å². The molecule has 2 aromatic rings. The molecule has 0 radical (unpaired) electrons. The van der Waals surface area contributed by atoms with Crippen LogP contribution in [0.3, 0.4) is 0 Å². The second kappa shape index (κ2) is 4.83. The van der Waals surface area contributed by atoms with Crippen LogP contribution in [0.15, 0.2) is 24.3 Å². The number of benzene rings is 1. The van der Waals surface area contributed by atoms with Crippen molar-refractivity contribution in [2.24, 2.45) is 0 Å². The first kappa shape index (κ1) is 15.0. The van der Waals surface area contributed by atoms with E-state index < -0.39 is 0 Å². The molecule has 0 aliphatic heterocycles. The van der Waals surface area contributed by atoms with Gasteiger partial charge in [0.15, 0.2) is 0 Å². The molecule has 0 aliphatic carbocycles. The molecule has 1 nitrogen and oxygen atoms in total. The highest BCUT2D eigenvalue weighted by atomic mass is 19.1. The van der Waals surface area contributed by atoms with E-state index in [1.165, 1.54) is 0 Å². The summed E-state index contributed by atoms with van der Waals surface area (Å²) in [6.07, 6.45) is 1.01. The van der Waals surface area contributed by atoms with Crippen molar-refractivity contribution in [2.75, 3.05) is 0 Å². The van der Waals surface area contributed by atoms with Gasteiger partial charge in [-0.15, -0.1) is 0 Å². The van der Waals surface area contributed by atoms with Crippen molar-refractivity contribution >= 4 is 10.9 Å². The molecular formula is C18H24FN. The molecule has 0 aliphatic rings. The first-order valence-corrected chi connectivity index (χ1v) is 7.26. The van der Waals surface area contributed by atoms with Gasteiger partial charge >= 0.3 is 0 Å². The fourth-order valence-corrected chi connectivity index (χ4v) is 2.28. The van der Waals surface area contributed by atoms with Crippen LogP contribution in [0.1, 0.15) is 59.2 Å². The third-order valence-corrected chi connectivity index (χ3v) is 4.16. The minimum Gasteiger partial charge on any atom is -0.252 e. The largest absolute Gasteiger partial charge is 0.252 e. The van der Waals surface area contributed by atoms with E-state index in [1.807, 2.05) is 26.8 Å². The van der Waals surface area contributed by atoms with Crippen LogP contribution >= 0.6 is 0 Å². The van der Waals surface area contributed by atoms with Crippen molar-refractivity contribution in [2.45, 2.75) is 58.8 Å². The zero-order valence-electron chi connectivity index (χ0n) is 13.3. The van der Waals surface area contributed by atoms with Gasteiger partial charge in [0, 0.05) is 22.6 Å². The van der Waals surface area contributed by atoms with Gasteiger partial charge in [0.05, 0.1) is 5.52 Å². The van der Waals surface area contributed by atoms with E-state index in [9.17, 15) is 4.39 Å². The van der Waals surface area contributed by atoms with Gasteiger partial charge in [-0.3, -0.25) is 4.98 Å². The number of aromatic nitrogens is 1. The normalized spacial score (nSPS) is 12.9. The number of halogens is 1. The monoisotopic (exact) mass is 273 g/mol. The van der Waals surface area contributed by atoms with E-state index in [4.69, 9.17) is 0 Å². The van der Waals surface area contributed by atoms with Gasteiger partial charge in [-0.25, -0.2) is 4.39 Å². The van der Waals surface area contributed by atoms with Crippen LogP contribution in [0.4, 0.5) is 4.39 Å². The van der Waals surface area contributed by atoms with Crippen LogP contribution in [0, 0.1) is 5.82 Å². The molecular weight excluding hydrogens is 249 g/mol. The van der Waals surface area contributed by atoms with E-state index in [0.29, 0.717) is 0 Å². The molecule has 108 valence electrons. The first-order chi connectivity index (χ1) is 9.15. The van der Waals surface area contributed by atoms with Crippen molar-refractivity contribution in [3.8, 4) is 0 Å². The van der Waals surface area contributed by atoms with E-state index in [0.717, 1.165) is 28.6 Å². The molecule has 0 saturated heterocycles. The maximum atomic E-state index is 14.3. The topological polar surface area (TPSA) is 12.9 Å². The molecule has 0 saturated carbocycles. The summed E-state index contributed by atoms with van der Waals surface area (Å²) in [4.78, 5) is 4.66. The predicted octanol–water partition coefficient (Wildman–Crippen LogP) is 5.36. The van der Waals surface area contributed by atoms with Crippen molar-refractivity contribution < 1.29 is 4.39 Å². The third-order valence-electron chi connectivity index (χ3n) is 4.16. The minimum atomic E-state index is -0.195. The zero-order chi connectivity index (χ0) is 15.1. The molecule has 20 heavy (non-hydrogen) atoms. The smallest absolute Gasteiger partial charge is 0.129 e. The summed E-state index contributed by atoms with van der Waals surface area (Å²) in [7, 11) is 0. The highest BCUT2D eigenvalue weighted by molar-refractivity contribution is 5.80. The second-order valence-corrected chi connectivity index (χ2v) is 7.21. The van der Waals surface area contributed by atoms with Crippen LogP contribution in [0.25, 0.3) is 10.9 Å². The SMILES string of the molecule is CCC(C)(C)c1ccc2cc(C(C)(C)C)c(F)cc2n1. The molecule has 0 fully saturated rings. The Morgan fingerprint density at radius 2 is 1.70 bits per heavy atom. The average molecular weight is 273 g/mol. The summed E-state index contributed by atoms with van der Waals surface area (Å²) in [6, 6.07) is 7.63. The molecule has 0 N–H and O–H groups in total. The second-order valence-electron chi connectivity index (χ2n) is 7.21. The summed E-state index contributed by atoms with van der Waals surface area (Å²) >= 11 is 0. The number of fused-ring (bicyclic) bond motifs is 1. The highest BCUT2D eigenvalue weighted by Gasteiger charge is 2.22. The van der Waals surface area contributed by atoms with Crippen molar-refractivity contribution in [3.63, 3.8) is 0 Å². The fraction of sp³-hybridized carbons (Fsp3) is 0.500. The van der Waals surface area contributed by atoms with Gasteiger partial charge < -0.3 is 0 Å². The molecule has 0 unspecified atom stereocenters. The van der Waals surface area contributed by atoms with Crippen LogP contribution in [0.5, 0.6) is 0 Å². The molecule has 0 bridgehead atoms. The lowest BCUT2D eigenvalue weighted by Crippen LogP contribution is -2.17. The number of nitrogens with zero attached hydrogens (tertiary/aromatic N) is 1. The number of hydrogen-bond donors (Lipinski definition) is 0. The molecule has 2 rings (SSSR count). The minimum absolute atomic E-state index is 0.0212. The standard InChI is InChI=1S/C18H24FN/c1-7-18(5,6)16-9-8-12-10-13(17(2,3)4)14(19)11-15(12)20-16/h8-11H,7H2,1-6H3. The lowest BCUT2D eigenvalue weighted by atomic mass is 9.84. The Kier molecular flexibility index (Phi) is 3.62. The van der Waals surface area contributed by atoms with Crippen LogP contribution in [-0.2, 0) is 10.8 Å². The Morgan fingerprint density at radius 3 is 2.25 bits per heavy atom. The van der Waals surface area contributed by atoms with Crippen molar-refractivity contribution in [3.05, 3.63) is 41.3 Å². The molecule has 0 spiro atoms. The Morgan fingerprint density at radius 1 is 1.05 bits per heavy atom. The Bertz CT molecular complexity index is 636. The Hall–Kier alpha value is -1.44. The van der Waals surface area contributed by atoms with Gasteiger partial charge in [-0.2, -0.15) is 0 Å². The van der Waals surface area contributed by atoms with Crippen LogP contribution in [0.2, 0.25) is 0 Å². The first-order valence-electron chi connectivity index (χ1n) is 7.26. The Balaban J connectivity index is 2.62. The highest BCUT2D eigenvalue weighted by Crippen LogP contribution is 2.31. The predicted molar refractivity (Wildman–Crippen MR) is 83.7 cm³/mol. The van der Waals surface area contributed by atoms with Gasteiger partial charge in [0.2, 0.25) is 0 Å². The van der Waals surface area contributed by atoms with Crippen molar-refractivity contribution in [1.29, 1.82) is 0 Å². The van der Waals surface area contributed by atoms with Gasteiger partial charge in [0.25, 0.3) is 0 Å². The zero-order valence-corrected chi connectivity index (χ0v) is 13.3. The van der Waals surface area contributed by atoms with Crippen molar-refractivity contribution in [1.82, 2.24) is 4.98 Å². The van der Waals surface area contributed by atoms with Gasteiger partial charge in [0.1, 0.15) is 5.82 Å². The summed E-state index contributed by atoms with van der Waals surface area (Å²) in [5.41, 5.74) is 2.34. The fourth-order valence-electron chi connectivity index (χ4n) is 2.28. The number of pyridine rings is 1. The van der Waals surface area contributed by atoms with Crippen LogP contribution < -0.4 is 0 Å². The quantitative estimate of drug-likeness (QED) is 0.718. The summed E-state index contributed by atoms with van der Waals surface area (Å²) in [6.45, 7) is 12.6. The summed E-state index contributed by atoms with van der Waals surface area (Å²) in [5.74, 6) is -0.163. The molecule has 1 aromatic heterocycles. The molecule has 2 heteroatoms. The molecule has 1 heterocycles. The molecule has 0 amide bonds. The summed E-state index contributed by atoms with van der Waals surface area (Å²) in [5, 5.41) is 1.01. The van der Waals surface area contributed by atoms with E-state index in [-0.39, 0.29) is 16.6 Å². The lowest BCUT2D eigenvalue weighted by molar-refractivity contribution is 0.491. The number of rotatable bonds is 2. The molecule has 1 aromatic carbocycles. The lowest BCUT2D eigenvalue weighted by Gasteiger charge is -2.23. The maximum absolute atomic E-state index is 14.3. The maximum Gasteiger partial charge on any atom is 0.129 e. The Labute approximate surface area is 121 Å². The number of hydrogen-bond acceptors (Lipinski definition) is 1. The molecule has 0 atom stereocenters. The van der Waals surface area contributed by atoms with Gasteiger partial charge in [-0.1, -0.05) is 47.6 Å². The average Bonchev–Trinajstić information content (AvgIpc) is 2.35. The van der Waals surface area contributed by atoms with E-state index in [1.54, 1.807) is 6.07 Å². The third kappa shape index (κ3) is 2.70.